The lowest BCUT2D eigenvalue weighted by Crippen LogP contribution is -2.29. The Hall–Kier alpha value is -1.29. The van der Waals surface area contributed by atoms with Gasteiger partial charge in [0, 0.05) is 19.4 Å². The molecule has 2 rings (SSSR count). The lowest BCUT2D eigenvalue weighted by Gasteiger charge is -2.08. The van der Waals surface area contributed by atoms with Gasteiger partial charge in [0.15, 0.2) is 0 Å². The minimum atomic E-state index is -0.374. The van der Waals surface area contributed by atoms with E-state index in [1.54, 1.807) is 0 Å². The standard InChI is InChI=1S/C17H27NO5/c19-8-10-22-12-11-21-9-7-18-17(20)23-13-16-14-5-3-1-2-4-6-15(14)16/h14-16,19H,3-13H2,(H,18,20)/t14-,15-/m1/s1. The van der Waals surface area contributed by atoms with Crippen LogP contribution in [0.1, 0.15) is 25.7 Å². The summed E-state index contributed by atoms with van der Waals surface area (Å²) in [7, 11) is 0. The summed E-state index contributed by atoms with van der Waals surface area (Å²) in [4.78, 5) is 11.6. The van der Waals surface area contributed by atoms with Gasteiger partial charge in [0.2, 0.25) is 0 Å². The van der Waals surface area contributed by atoms with Crippen molar-refractivity contribution in [3.8, 4) is 11.8 Å². The third-order valence-electron chi connectivity index (χ3n) is 4.37. The van der Waals surface area contributed by atoms with Gasteiger partial charge in [0.25, 0.3) is 0 Å². The summed E-state index contributed by atoms with van der Waals surface area (Å²) in [5, 5.41) is 11.2. The molecule has 0 spiro atoms. The van der Waals surface area contributed by atoms with Gasteiger partial charge in [-0.15, -0.1) is 11.8 Å². The highest BCUT2D eigenvalue weighted by molar-refractivity contribution is 5.67. The van der Waals surface area contributed by atoms with Crippen molar-refractivity contribution < 1.29 is 24.1 Å². The highest BCUT2D eigenvalue weighted by atomic mass is 16.6. The smallest absolute Gasteiger partial charge is 0.407 e. The second kappa shape index (κ2) is 10.5. The Bertz CT molecular complexity index is 399. The second-order valence-electron chi connectivity index (χ2n) is 5.90. The van der Waals surface area contributed by atoms with E-state index < -0.39 is 0 Å². The van der Waals surface area contributed by atoms with Gasteiger partial charge in [0.05, 0.1) is 39.6 Å². The van der Waals surface area contributed by atoms with Gasteiger partial charge in [-0.3, -0.25) is 0 Å². The third kappa shape index (κ3) is 6.78. The van der Waals surface area contributed by atoms with E-state index in [0.717, 1.165) is 25.7 Å². The molecule has 23 heavy (non-hydrogen) atoms. The fourth-order valence-electron chi connectivity index (χ4n) is 3.12. The van der Waals surface area contributed by atoms with Crippen LogP contribution in [0.25, 0.3) is 0 Å². The van der Waals surface area contributed by atoms with Crippen molar-refractivity contribution in [3.05, 3.63) is 0 Å². The normalized spacial score (nSPS) is 25.3. The molecule has 0 aromatic heterocycles. The van der Waals surface area contributed by atoms with E-state index in [2.05, 4.69) is 17.2 Å². The highest BCUT2D eigenvalue weighted by Crippen LogP contribution is 2.52. The number of alkyl carbamates (subject to hydrolysis) is 1. The molecule has 0 aliphatic heterocycles. The van der Waals surface area contributed by atoms with Gasteiger partial charge in [0.1, 0.15) is 0 Å². The molecule has 0 unspecified atom stereocenters. The molecule has 2 atom stereocenters. The Balaban J connectivity index is 1.44. The number of aliphatic hydroxyl groups is 1. The van der Waals surface area contributed by atoms with Crippen molar-refractivity contribution in [2.75, 3.05) is 46.2 Å². The number of carbonyl (C=O) groups is 1. The maximum Gasteiger partial charge on any atom is 0.407 e. The molecule has 0 bridgehead atoms. The van der Waals surface area contributed by atoms with E-state index in [1.807, 2.05) is 0 Å². The first-order valence-electron chi connectivity index (χ1n) is 8.45. The molecule has 0 radical (unpaired) electrons. The van der Waals surface area contributed by atoms with Crippen LogP contribution in [0, 0.1) is 29.6 Å². The van der Waals surface area contributed by atoms with Crippen molar-refractivity contribution in [1.29, 1.82) is 0 Å². The van der Waals surface area contributed by atoms with Crippen LogP contribution >= 0.6 is 0 Å². The summed E-state index contributed by atoms with van der Waals surface area (Å²) in [6.07, 6.45) is 3.85. The quantitative estimate of drug-likeness (QED) is 0.466. The molecule has 1 amide bonds. The lowest BCUT2D eigenvalue weighted by molar-refractivity contribution is 0.0337. The number of rotatable bonds is 10. The Kier molecular flexibility index (Phi) is 8.23. The number of nitrogens with one attached hydrogen (secondary N) is 1. The number of ether oxygens (including phenoxy) is 3. The zero-order valence-electron chi connectivity index (χ0n) is 13.6. The summed E-state index contributed by atoms with van der Waals surface area (Å²) in [6.45, 7) is 2.58. The molecule has 130 valence electrons. The first-order valence-corrected chi connectivity index (χ1v) is 8.45. The fourth-order valence-corrected chi connectivity index (χ4v) is 3.12. The van der Waals surface area contributed by atoms with Gasteiger partial charge >= 0.3 is 6.09 Å². The largest absolute Gasteiger partial charge is 0.449 e. The first-order chi connectivity index (χ1) is 11.3. The number of carbonyl (C=O) groups excluding carboxylic acids is 1. The van der Waals surface area contributed by atoms with E-state index in [1.165, 1.54) is 0 Å². The summed E-state index contributed by atoms with van der Waals surface area (Å²) < 4.78 is 15.6. The molecule has 0 heterocycles. The molecule has 2 aliphatic rings. The van der Waals surface area contributed by atoms with E-state index in [9.17, 15) is 4.79 Å². The summed E-state index contributed by atoms with van der Waals surface area (Å²) >= 11 is 0. The molecule has 1 saturated carbocycles. The van der Waals surface area contributed by atoms with Crippen LogP contribution in [0.2, 0.25) is 0 Å². The molecule has 0 aromatic rings. The number of aliphatic hydroxyl groups excluding tert-OH is 1. The van der Waals surface area contributed by atoms with Crippen molar-refractivity contribution in [1.82, 2.24) is 5.32 Å². The second-order valence-corrected chi connectivity index (χ2v) is 5.90. The molecular weight excluding hydrogens is 298 g/mol. The Morgan fingerprint density at radius 1 is 1.04 bits per heavy atom. The van der Waals surface area contributed by atoms with Crippen LogP contribution in [0.3, 0.4) is 0 Å². The van der Waals surface area contributed by atoms with E-state index in [-0.39, 0.29) is 12.7 Å². The van der Waals surface area contributed by atoms with Gasteiger partial charge in [-0.25, -0.2) is 4.79 Å². The maximum absolute atomic E-state index is 11.6. The highest BCUT2D eigenvalue weighted by Gasteiger charge is 2.49. The van der Waals surface area contributed by atoms with Gasteiger partial charge < -0.3 is 24.6 Å². The monoisotopic (exact) mass is 325 g/mol. The Labute approximate surface area is 137 Å². The molecule has 6 heteroatoms. The van der Waals surface area contributed by atoms with Crippen molar-refractivity contribution >= 4 is 6.09 Å². The van der Waals surface area contributed by atoms with Gasteiger partial charge in [-0.1, -0.05) is 0 Å². The molecular formula is C17H27NO5. The van der Waals surface area contributed by atoms with Crippen LogP contribution in [0.15, 0.2) is 0 Å². The van der Waals surface area contributed by atoms with E-state index >= 15 is 0 Å². The maximum atomic E-state index is 11.6. The Morgan fingerprint density at radius 3 is 2.35 bits per heavy atom. The predicted molar refractivity (Wildman–Crippen MR) is 84.8 cm³/mol. The SMILES string of the molecule is O=C(NCCOCCOCCO)OCC1[C@@H]2CCC#CCC[C@@H]12. The molecule has 0 aromatic carbocycles. The molecule has 6 nitrogen and oxygen atoms in total. The number of fused-ring (bicyclic) bond motifs is 1. The fraction of sp³-hybridized carbons (Fsp3) is 0.824. The van der Waals surface area contributed by atoms with Crippen molar-refractivity contribution in [2.24, 2.45) is 17.8 Å². The number of hydrogen-bond donors (Lipinski definition) is 2. The van der Waals surface area contributed by atoms with Crippen molar-refractivity contribution in [2.45, 2.75) is 25.7 Å². The topological polar surface area (TPSA) is 77.0 Å². The summed E-state index contributed by atoms with van der Waals surface area (Å²) in [6, 6.07) is 0. The molecule has 2 N–H and O–H groups in total. The van der Waals surface area contributed by atoms with Crippen molar-refractivity contribution in [3.63, 3.8) is 0 Å². The summed E-state index contributed by atoms with van der Waals surface area (Å²) in [5.41, 5.74) is 0. The zero-order chi connectivity index (χ0) is 16.3. The Morgan fingerprint density at radius 2 is 1.70 bits per heavy atom. The molecule has 0 saturated heterocycles. The molecule has 1 fully saturated rings. The average Bonchev–Trinajstić information content (AvgIpc) is 3.17. The van der Waals surface area contributed by atoms with Gasteiger partial charge in [-0.2, -0.15) is 0 Å². The zero-order valence-corrected chi connectivity index (χ0v) is 13.6. The lowest BCUT2D eigenvalue weighted by atomic mass is 10.1. The van der Waals surface area contributed by atoms with Crippen LogP contribution in [0.4, 0.5) is 4.79 Å². The first kappa shape index (κ1) is 18.1. The van der Waals surface area contributed by atoms with E-state index in [4.69, 9.17) is 19.3 Å². The summed E-state index contributed by atoms with van der Waals surface area (Å²) in [5.74, 6) is 8.26. The average molecular weight is 325 g/mol. The minimum Gasteiger partial charge on any atom is -0.449 e. The van der Waals surface area contributed by atoms with Gasteiger partial charge in [-0.05, 0) is 30.6 Å². The minimum absolute atomic E-state index is 0.0170. The van der Waals surface area contributed by atoms with Crippen LogP contribution in [-0.4, -0.2) is 57.4 Å². The predicted octanol–water partition coefficient (Wildman–Crippen LogP) is 1.18. The molecule has 2 aliphatic carbocycles. The number of amides is 1. The van der Waals surface area contributed by atoms with Crippen LogP contribution in [0.5, 0.6) is 0 Å². The van der Waals surface area contributed by atoms with Crippen LogP contribution in [-0.2, 0) is 14.2 Å². The van der Waals surface area contributed by atoms with Crippen LogP contribution < -0.4 is 5.32 Å². The van der Waals surface area contributed by atoms with E-state index in [0.29, 0.717) is 57.3 Å². The number of hydrogen-bond acceptors (Lipinski definition) is 5. The third-order valence-corrected chi connectivity index (χ3v) is 4.37.